The van der Waals surface area contributed by atoms with Crippen molar-refractivity contribution in [2.24, 2.45) is 0 Å². The first-order valence-corrected chi connectivity index (χ1v) is 4.71. The van der Waals surface area contributed by atoms with Crippen LogP contribution < -0.4 is 10.9 Å². The number of amides is 1. The molecule has 80 valence electrons. The molecule has 0 unspecified atom stereocenters. The van der Waals surface area contributed by atoms with E-state index in [0.717, 1.165) is 11.3 Å². The van der Waals surface area contributed by atoms with Gasteiger partial charge in [0.25, 0.3) is 5.91 Å². The smallest absolute Gasteiger partial charge is 0.269 e. The maximum atomic E-state index is 11.5. The number of carbonyl (C=O) groups is 1. The predicted molar refractivity (Wildman–Crippen MR) is 59.0 cm³/mol. The van der Waals surface area contributed by atoms with Gasteiger partial charge in [0.15, 0.2) is 0 Å². The number of nitrogens with one attached hydrogen (secondary N) is 2. The molecule has 4 nitrogen and oxygen atoms in total. The van der Waals surface area contributed by atoms with Crippen LogP contribution >= 0.6 is 0 Å². The molecule has 1 amide bonds. The summed E-state index contributed by atoms with van der Waals surface area (Å²) < 4.78 is 0. The zero-order valence-corrected chi connectivity index (χ0v) is 9.16. The van der Waals surface area contributed by atoms with Gasteiger partial charge in [0, 0.05) is 23.7 Å². The Hall–Kier alpha value is -1.84. The molecule has 0 aliphatic rings. The second-order valence-electron chi connectivity index (χ2n) is 3.51. The molecule has 1 heterocycles. The average Bonchev–Trinajstić information content (AvgIpc) is 2.17. The minimum Gasteiger partial charge on any atom is -0.306 e. The molecule has 4 heteroatoms. The van der Waals surface area contributed by atoms with Gasteiger partial charge >= 0.3 is 0 Å². The highest BCUT2D eigenvalue weighted by molar-refractivity contribution is 5.93. The number of hydrogen-bond acceptors (Lipinski definition) is 3. The number of pyridine rings is 1. The molecule has 0 aliphatic carbocycles. The van der Waals surface area contributed by atoms with Gasteiger partial charge in [0.1, 0.15) is 0 Å². The Balaban J connectivity index is 2.58. The maximum Gasteiger partial charge on any atom is 0.269 e. The molecule has 1 rings (SSSR count). The van der Waals surface area contributed by atoms with Crippen molar-refractivity contribution in [3.05, 3.63) is 41.4 Å². The SMILES string of the molecule is CC(C)=CNNC(=O)c1ccnc(C)c1. The summed E-state index contributed by atoms with van der Waals surface area (Å²) in [6, 6.07) is 3.41. The third-order valence-corrected chi connectivity index (χ3v) is 1.71. The van der Waals surface area contributed by atoms with E-state index in [1.165, 1.54) is 0 Å². The van der Waals surface area contributed by atoms with E-state index >= 15 is 0 Å². The van der Waals surface area contributed by atoms with Gasteiger partial charge in [-0.15, -0.1) is 0 Å². The van der Waals surface area contributed by atoms with Gasteiger partial charge in [-0.2, -0.15) is 0 Å². The molecule has 0 aromatic carbocycles. The highest BCUT2D eigenvalue weighted by Gasteiger charge is 2.03. The van der Waals surface area contributed by atoms with Gasteiger partial charge < -0.3 is 5.43 Å². The number of carbonyl (C=O) groups excluding carboxylic acids is 1. The summed E-state index contributed by atoms with van der Waals surface area (Å²) in [7, 11) is 0. The molecule has 0 radical (unpaired) electrons. The van der Waals surface area contributed by atoms with Crippen LogP contribution in [0, 0.1) is 6.92 Å². The number of nitrogens with zero attached hydrogens (tertiary/aromatic N) is 1. The molecular formula is C11H15N3O. The van der Waals surface area contributed by atoms with Crippen molar-refractivity contribution in [1.82, 2.24) is 15.8 Å². The Morgan fingerprint density at radius 1 is 1.47 bits per heavy atom. The normalized spacial score (nSPS) is 9.27. The first kappa shape index (κ1) is 11.2. The van der Waals surface area contributed by atoms with Crippen molar-refractivity contribution in [2.75, 3.05) is 0 Å². The van der Waals surface area contributed by atoms with Crippen LogP contribution in [0.2, 0.25) is 0 Å². The summed E-state index contributed by atoms with van der Waals surface area (Å²) in [4.78, 5) is 15.6. The second-order valence-corrected chi connectivity index (χ2v) is 3.51. The lowest BCUT2D eigenvalue weighted by atomic mass is 10.2. The van der Waals surface area contributed by atoms with Crippen LogP contribution in [0.4, 0.5) is 0 Å². The largest absolute Gasteiger partial charge is 0.306 e. The summed E-state index contributed by atoms with van der Waals surface area (Å²) in [6.45, 7) is 5.73. The van der Waals surface area contributed by atoms with E-state index in [1.54, 1.807) is 24.5 Å². The van der Waals surface area contributed by atoms with Crippen LogP contribution in [-0.2, 0) is 0 Å². The van der Waals surface area contributed by atoms with E-state index in [9.17, 15) is 4.79 Å². The molecule has 0 spiro atoms. The van der Waals surface area contributed by atoms with E-state index in [-0.39, 0.29) is 5.91 Å². The molecule has 0 bridgehead atoms. The molecule has 0 atom stereocenters. The zero-order chi connectivity index (χ0) is 11.3. The summed E-state index contributed by atoms with van der Waals surface area (Å²) in [6.07, 6.45) is 3.34. The first-order valence-electron chi connectivity index (χ1n) is 4.71. The highest BCUT2D eigenvalue weighted by Crippen LogP contribution is 1.99. The van der Waals surface area contributed by atoms with Gasteiger partial charge in [-0.3, -0.25) is 15.2 Å². The zero-order valence-electron chi connectivity index (χ0n) is 9.16. The van der Waals surface area contributed by atoms with Gasteiger partial charge in [-0.05, 0) is 32.9 Å². The van der Waals surface area contributed by atoms with Crippen molar-refractivity contribution in [3.8, 4) is 0 Å². The third kappa shape index (κ3) is 3.81. The molecule has 1 aromatic heterocycles. The van der Waals surface area contributed by atoms with E-state index in [1.807, 2.05) is 20.8 Å². The summed E-state index contributed by atoms with van der Waals surface area (Å²) in [5.74, 6) is -0.169. The van der Waals surface area contributed by atoms with E-state index in [0.29, 0.717) is 5.56 Å². The van der Waals surface area contributed by atoms with Gasteiger partial charge in [0.2, 0.25) is 0 Å². The molecule has 2 N–H and O–H groups in total. The Kier molecular flexibility index (Phi) is 3.85. The van der Waals surface area contributed by atoms with Crippen LogP contribution in [0.3, 0.4) is 0 Å². The molecule has 0 fully saturated rings. The van der Waals surface area contributed by atoms with Crippen molar-refractivity contribution >= 4 is 5.91 Å². The lowest BCUT2D eigenvalue weighted by molar-refractivity contribution is 0.0940. The lowest BCUT2D eigenvalue weighted by Crippen LogP contribution is -2.33. The Morgan fingerprint density at radius 2 is 2.20 bits per heavy atom. The van der Waals surface area contributed by atoms with E-state index < -0.39 is 0 Å². The number of rotatable bonds is 3. The monoisotopic (exact) mass is 205 g/mol. The quantitative estimate of drug-likeness (QED) is 0.736. The van der Waals surface area contributed by atoms with Crippen LogP contribution in [0.25, 0.3) is 0 Å². The Morgan fingerprint density at radius 3 is 2.80 bits per heavy atom. The molecule has 1 aromatic rings. The lowest BCUT2D eigenvalue weighted by Gasteiger charge is -2.05. The standard InChI is InChI=1S/C11H15N3O/c1-8(2)7-13-14-11(15)10-4-5-12-9(3)6-10/h4-7,13H,1-3H3,(H,14,15). The highest BCUT2D eigenvalue weighted by atomic mass is 16.2. The second kappa shape index (κ2) is 5.14. The minimum atomic E-state index is -0.169. The fourth-order valence-electron chi connectivity index (χ4n) is 1.00. The van der Waals surface area contributed by atoms with Crippen LogP contribution in [0.5, 0.6) is 0 Å². The predicted octanol–water partition coefficient (Wildman–Crippen LogP) is 1.55. The van der Waals surface area contributed by atoms with Crippen molar-refractivity contribution in [3.63, 3.8) is 0 Å². The fourth-order valence-corrected chi connectivity index (χ4v) is 1.00. The maximum absolute atomic E-state index is 11.5. The first-order chi connectivity index (χ1) is 7.09. The molecule has 0 saturated carbocycles. The minimum absolute atomic E-state index is 0.169. The van der Waals surface area contributed by atoms with Gasteiger partial charge in [0.05, 0.1) is 0 Å². The number of aromatic nitrogens is 1. The number of allylic oxidation sites excluding steroid dienone is 1. The third-order valence-electron chi connectivity index (χ3n) is 1.71. The summed E-state index contributed by atoms with van der Waals surface area (Å²) in [5.41, 5.74) is 7.79. The van der Waals surface area contributed by atoms with E-state index in [4.69, 9.17) is 0 Å². The Labute approximate surface area is 89.4 Å². The van der Waals surface area contributed by atoms with Crippen LogP contribution in [-0.4, -0.2) is 10.9 Å². The summed E-state index contributed by atoms with van der Waals surface area (Å²) >= 11 is 0. The fraction of sp³-hybridized carbons (Fsp3) is 0.273. The molecule has 0 aliphatic heterocycles. The Bertz CT molecular complexity index is 381. The molecule has 15 heavy (non-hydrogen) atoms. The van der Waals surface area contributed by atoms with Gasteiger partial charge in [-0.25, -0.2) is 0 Å². The van der Waals surface area contributed by atoms with Crippen molar-refractivity contribution in [1.29, 1.82) is 0 Å². The number of hydrazine groups is 1. The number of hydrogen-bond donors (Lipinski definition) is 2. The molecular weight excluding hydrogens is 190 g/mol. The number of aryl methyl sites for hydroxylation is 1. The van der Waals surface area contributed by atoms with Crippen LogP contribution in [0.15, 0.2) is 30.1 Å². The van der Waals surface area contributed by atoms with Crippen LogP contribution in [0.1, 0.15) is 29.9 Å². The van der Waals surface area contributed by atoms with Crippen molar-refractivity contribution in [2.45, 2.75) is 20.8 Å². The summed E-state index contributed by atoms with van der Waals surface area (Å²) in [5, 5.41) is 0. The topological polar surface area (TPSA) is 54.0 Å². The molecule has 0 saturated heterocycles. The van der Waals surface area contributed by atoms with Gasteiger partial charge in [-0.1, -0.05) is 5.57 Å². The average molecular weight is 205 g/mol. The van der Waals surface area contributed by atoms with Crippen molar-refractivity contribution < 1.29 is 4.79 Å². The van der Waals surface area contributed by atoms with E-state index in [2.05, 4.69) is 15.8 Å².